The molecule has 3 aromatic heterocycles. The highest BCUT2D eigenvalue weighted by Gasteiger charge is 2.52. The monoisotopic (exact) mass is 804 g/mol. The predicted molar refractivity (Wildman–Crippen MR) is 254 cm³/mol. The molecule has 3 aliphatic carbocycles. The molecule has 3 aliphatic rings. The van der Waals surface area contributed by atoms with Gasteiger partial charge < -0.3 is 4.42 Å². The van der Waals surface area contributed by atoms with Gasteiger partial charge in [0, 0.05) is 38.5 Å². The topological polar surface area (TPSA) is 56.7 Å². The molecule has 0 radical (unpaired) electrons. The molecule has 0 atom stereocenters. The lowest BCUT2D eigenvalue weighted by Gasteiger charge is -2.30. The van der Waals surface area contributed by atoms with Crippen LogP contribution in [-0.4, -0.2) is 19.5 Å². The number of hydrogen-bond donors (Lipinski definition) is 0. The standard InChI is InChI=1S/C58H36N4O/c1-3-16-35(17-4-1)38-24-15-29-50-52(38)43-31-30-37(34-51(43)63-50)56-59-55(36-18-5-2-6-19-36)60-57(61-56)62-48-28-14-10-23-42(48)54-49(62)33-32-47-53(54)41-22-9-13-27-46(41)58(47)44-25-11-7-20-39(44)40-21-8-12-26-45(40)58/h1-13,15-27,29-34H,14,28H2. The zero-order valence-corrected chi connectivity index (χ0v) is 34.1. The molecule has 0 unspecified atom stereocenters. The molecular weight excluding hydrogens is 769 g/mol. The first-order valence-corrected chi connectivity index (χ1v) is 21.8. The predicted octanol–water partition coefficient (Wildman–Crippen LogP) is 14.0. The molecule has 11 aromatic rings. The number of fused-ring (bicyclic) bond motifs is 17. The fourth-order valence-electron chi connectivity index (χ4n) is 11.3. The highest BCUT2D eigenvalue weighted by atomic mass is 16.3. The summed E-state index contributed by atoms with van der Waals surface area (Å²) < 4.78 is 8.92. The number of benzene rings is 8. The van der Waals surface area contributed by atoms with Crippen molar-refractivity contribution in [2.24, 2.45) is 0 Å². The first kappa shape index (κ1) is 34.6. The molecule has 0 saturated carbocycles. The normalized spacial score (nSPS) is 14.0. The van der Waals surface area contributed by atoms with Crippen molar-refractivity contribution < 1.29 is 4.42 Å². The summed E-state index contributed by atoms with van der Waals surface area (Å²) in [6.07, 6.45) is 6.46. The summed E-state index contributed by atoms with van der Waals surface area (Å²) in [5, 5.41) is 3.40. The molecule has 294 valence electrons. The average Bonchev–Trinajstić information content (AvgIpc) is 4.08. The molecule has 5 nitrogen and oxygen atoms in total. The minimum Gasteiger partial charge on any atom is -0.456 e. The van der Waals surface area contributed by atoms with Gasteiger partial charge >= 0.3 is 0 Å². The van der Waals surface area contributed by atoms with Crippen LogP contribution in [0, 0.1) is 0 Å². The van der Waals surface area contributed by atoms with Crippen LogP contribution in [0.5, 0.6) is 0 Å². The highest BCUT2D eigenvalue weighted by Crippen LogP contribution is 2.64. The smallest absolute Gasteiger partial charge is 0.238 e. The Morgan fingerprint density at radius 1 is 0.476 bits per heavy atom. The molecule has 3 heterocycles. The van der Waals surface area contributed by atoms with Crippen LogP contribution < -0.4 is 0 Å². The quantitative estimate of drug-likeness (QED) is 0.178. The zero-order valence-electron chi connectivity index (χ0n) is 34.1. The van der Waals surface area contributed by atoms with Gasteiger partial charge in [-0.2, -0.15) is 9.97 Å². The molecular formula is C58H36N4O. The minimum atomic E-state index is -0.432. The summed E-state index contributed by atoms with van der Waals surface area (Å²) >= 11 is 0. The van der Waals surface area contributed by atoms with Gasteiger partial charge in [0.1, 0.15) is 11.2 Å². The van der Waals surface area contributed by atoms with Gasteiger partial charge in [-0.1, -0.05) is 170 Å². The Kier molecular flexibility index (Phi) is 7.09. The van der Waals surface area contributed by atoms with Crippen molar-refractivity contribution in [3.05, 3.63) is 222 Å². The van der Waals surface area contributed by atoms with Crippen molar-refractivity contribution >= 4 is 38.9 Å². The van der Waals surface area contributed by atoms with Crippen molar-refractivity contribution in [1.29, 1.82) is 0 Å². The summed E-state index contributed by atoms with van der Waals surface area (Å²) in [6.45, 7) is 0. The van der Waals surface area contributed by atoms with Gasteiger partial charge in [0.15, 0.2) is 11.6 Å². The molecule has 0 N–H and O–H groups in total. The van der Waals surface area contributed by atoms with Crippen molar-refractivity contribution in [3.8, 4) is 62.1 Å². The molecule has 8 aromatic carbocycles. The Hall–Kier alpha value is -8.15. The molecule has 1 spiro atoms. The fraction of sp³-hybridized carbons (Fsp3) is 0.0517. The van der Waals surface area contributed by atoms with E-state index in [-0.39, 0.29) is 0 Å². The van der Waals surface area contributed by atoms with Crippen LogP contribution in [-0.2, 0) is 11.8 Å². The van der Waals surface area contributed by atoms with E-state index in [1.807, 2.05) is 24.3 Å². The van der Waals surface area contributed by atoms with Gasteiger partial charge in [0.2, 0.25) is 5.95 Å². The number of allylic oxidation sites excluding steroid dienone is 1. The number of nitrogens with zero attached hydrogens (tertiary/aromatic N) is 4. The zero-order chi connectivity index (χ0) is 41.2. The summed E-state index contributed by atoms with van der Waals surface area (Å²) in [5.41, 5.74) is 19.4. The maximum atomic E-state index is 6.60. The third kappa shape index (κ3) is 4.68. The van der Waals surface area contributed by atoms with Gasteiger partial charge in [-0.05, 0) is 92.7 Å². The number of rotatable bonds is 4. The van der Waals surface area contributed by atoms with E-state index in [9.17, 15) is 0 Å². The van der Waals surface area contributed by atoms with Crippen LogP contribution in [0.25, 0.3) is 101 Å². The Bertz CT molecular complexity index is 3700. The molecule has 0 amide bonds. The number of aromatic nitrogens is 4. The van der Waals surface area contributed by atoms with Crippen molar-refractivity contribution in [2.45, 2.75) is 18.3 Å². The average molecular weight is 805 g/mol. The van der Waals surface area contributed by atoms with E-state index in [0.29, 0.717) is 17.6 Å². The lowest BCUT2D eigenvalue weighted by atomic mass is 9.70. The Morgan fingerprint density at radius 3 is 1.86 bits per heavy atom. The van der Waals surface area contributed by atoms with Crippen molar-refractivity contribution in [3.63, 3.8) is 0 Å². The van der Waals surface area contributed by atoms with Crippen LogP contribution in [0.1, 0.15) is 39.9 Å². The maximum absolute atomic E-state index is 6.60. The molecule has 63 heavy (non-hydrogen) atoms. The van der Waals surface area contributed by atoms with E-state index in [0.717, 1.165) is 62.6 Å². The summed E-state index contributed by atoms with van der Waals surface area (Å²) in [6, 6.07) is 65.2. The lowest BCUT2D eigenvalue weighted by Crippen LogP contribution is -2.25. The van der Waals surface area contributed by atoms with E-state index >= 15 is 0 Å². The molecule has 14 rings (SSSR count). The van der Waals surface area contributed by atoms with Gasteiger partial charge in [0.25, 0.3) is 0 Å². The second-order valence-electron chi connectivity index (χ2n) is 16.9. The van der Waals surface area contributed by atoms with E-state index in [2.05, 4.69) is 174 Å². The molecule has 0 saturated heterocycles. The highest BCUT2D eigenvalue weighted by molar-refractivity contribution is 6.13. The van der Waals surface area contributed by atoms with E-state index in [1.54, 1.807) is 0 Å². The van der Waals surface area contributed by atoms with Gasteiger partial charge in [-0.3, -0.25) is 4.57 Å². The van der Waals surface area contributed by atoms with Gasteiger partial charge in [-0.15, -0.1) is 0 Å². The number of hydrogen-bond acceptors (Lipinski definition) is 4. The number of furan rings is 1. The molecule has 0 fully saturated rings. The maximum Gasteiger partial charge on any atom is 0.238 e. The summed E-state index contributed by atoms with van der Waals surface area (Å²) in [5.74, 6) is 1.82. The van der Waals surface area contributed by atoms with Crippen LogP contribution in [0.15, 0.2) is 192 Å². The van der Waals surface area contributed by atoms with Gasteiger partial charge in [-0.25, -0.2) is 4.98 Å². The summed E-state index contributed by atoms with van der Waals surface area (Å²) in [4.78, 5) is 15.9. The van der Waals surface area contributed by atoms with Crippen LogP contribution in [0.2, 0.25) is 0 Å². The second-order valence-corrected chi connectivity index (χ2v) is 16.9. The third-order valence-corrected chi connectivity index (χ3v) is 13.8. The first-order valence-electron chi connectivity index (χ1n) is 21.8. The largest absolute Gasteiger partial charge is 0.456 e. The van der Waals surface area contributed by atoms with Crippen LogP contribution in [0.3, 0.4) is 0 Å². The van der Waals surface area contributed by atoms with Gasteiger partial charge in [0.05, 0.1) is 10.9 Å². The Balaban J connectivity index is 1.02. The molecule has 0 aliphatic heterocycles. The molecule has 5 heteroatoms. The SMILES string of the molecule is C1=Cc2c(n(-c3nc(-c4ccccc4)nc(-c4ccc5c(c4)oc4cccc(-c6ccccc6)c45)n3)c3ccc4c(c23)-c2ccccc2C42c3ccccc3-c3ccccc32)CC1. The molecule has 0 bridgehead atoms. The second kappa shape index (κ2) is 12.9. The Labute approximate surface area is 363 Å². The van der Waals surface area contributed by atoms with E-state index in [1.165, 1.54) is 61.2 Å². The summed E-state index contributed by atoms with van der Waals surface area (Å²) in [7, 11) is 0. The van der Waals surface area contributed by atoms with E-state index in [4.69, 9.17) is 19.4 Å². The van der Waals surface area contributed by atoms with E-state index < -0.39 is 5.41 Å². The first-order chi connectivity index (χ1) is 31.3. The van der Waals surface area contributed by atoms with Crippen LogP contribution in [0.4, 0.5) is 0 Å². The van der Waals surface area contributed by atoms with Crippen LogP contribution >= 0.6 is 0 Å². The van der Waals surface area contributed by atoms with Crippen molar-refractivity contribution in [2.75, 3.05) is 0 Å². The fourth-order valence-corrected chi connectivity index (χ4v) is 11.3. The minimum absolute atomic E-state index is 0.432. The lowest BCUT2D eigenvalue weighted by molar-refractivity contribution is 0.669. The Morgan fingerprint density at radius 2 is 1.11 bits per heavy atom. The van der Waals surface area contributed by atoms with Crippen molar-refractivity contribution in [1.82, 2.24) is 19.5 Å². The third-order valence-electron chi connectivity index (χ3n) is 13.8.